The van der Waals surface area contributed by atoms with Gasteiger partial charge in [-0.15, -0.1) is 24.0 Å². The van der Waals surface area contributed by atoms with Crippen LogP contribution in [-0.2, 0) is 23.4 Å². The molecule has 0 aliphatic rings. The van der Waals surface area contributed by atoms with E-state index in [-0.39, 0.29) is 29.7 Å². The largest absolute Gasteiger partial charge is 0.356 e. The highest BCUT2D eigenvalue weighted by Crippen LogP contribution is 2.24. The van der Waals surface area contributed by atoms with Crippen molar-refractivity contribution in [2.45, 2.75) is 13.0 Å². The van der Waals surface area contributed by atoms with Crippen molar-refractivity contribution >= 4 is 63.0 Å². The van der Waals surface area contributed by atoms with Gasteiger partial charge < -0.3 is 15.2 Å². The lowest BCUT2D eigenvalue weighted by atomic mass is 10.4. The van der Waals surface area contributed by atoms with Crippen molar-refractivity contribution in [3.05, 3.63) is 21.9 Å². The number of rotatable bonds is 6. The first-order chi connectivity index (χ1) is 9.74. The van der Waals surface area contributed by atoms with Gasteiger partial charge in [0.25, 0.3) is 0 Å². The van der Waals surface area contributed by atoms with Gasteiger partial charge >= 0.3 is 0 Å². The number of hydrogen-bond acceptors (Lipinski definition) is 3. The second kappa shape index (κ2) is 9.84. The van der Waals surface area contributed by atoms with E-state index in [1.165, 1.54) is 6.26 Å². The van der Waals surface area contributed by atoms with Crippen LogP contribution in [0.5, 0.6) is 0 Å². The summed E-state index contributed by atoms with van der Waals surface area (Å²) in [6, 6.07) is 1.79. The van der Waals surface area contributed by atoms with Gasteiger partial charge in [0, 0.05) is 32.6 Å². The van der Waals surface area contributed by atoms with Crippen LogP contribution >= 0.6 is 47.2 Å². The third-order valence-electron chi connectivity index (χ3n) is 2.86. The minimum Gasteiger partial charge on any atom is -0.356 e. The second-order valence-electron chi connectivity index (χ2n) is 4.67. The highest BCUT2D eigenvalue weighted by Gasteiger charge is 2.09. The van der Waals surface area contributed by atoms with E-state index in [1.807, 2.05) is 7.05 Å². The predicted molar refractivity (Wildman–Crippen MR) is 103 cm³/mol. The van der Waals surface area contributed by atoms with Crippen LogP contribution in [0, 0.1) is 0 Å². The molecule has 0 atom stereocenters. The van der Waals surface area contributed by atoms with Gasteiger partial charge in [-0.25, -0.2) is 8.42 Å². The molecule has 0 fully saturated rings. The molecule has 1 aromatic rings. The van der Waals surface area contributed by atoms with Crippen molar-refractivity contribution < 1.29 is 8.42 Å². The number of hydrogen-bond donors (Lipinski definition) is 2. The van der Waals surface area contributed by atoms with E-state index in [2.05, 4.69) is 15.6 Å². The SMILES string of the molecule is CN=C(NCCCS(C)(=O)=O)NCc1cc(Cl)c(Cl)n1C.I. The van der Waals surface area contributed by atoms with Crippen molar-refractivity contribution in [3.63, 3.8) is 0 Å². The zero-order valence-electron chi connectivity index (χ0n) is 12.7. The number of aliphatic imine (C=N–C) groups is 1. The highest BCUT2D eigenvalue weighted by atomic mass is 127. The molecule has 0 radical (unpaired) electrons. The summed E-state index contributed by atoms with van der Waals surface area (Å²) < 4.78 is 23.8. The summed E-state index contributed by atoms with van der Waals surface area (Å²) in [6.07, 6.45) is 1.75. The van der Waals surface area contributed by atoms with Crippen LogP contribution in [-0.4, -0.2) is 44.5 Å². The minimum absolute atomic E-state index is 0. The summed E-state index contributed by atoms with van der Waals surface area (Å²) in [5.74, 6) is 0.747. The molecule has 0 saturated carbocycles. The van der Waals surface area contributed by atoms with Gasteiger partial charge in [-0.3, -0.25) is 4.99 Å². The lowest BCUT2D eigenvalue weighted by molar-refractivity contribution is 0.598. The van der Waals surface area contributed by atoms with Crippen LogP contribution in [0.15, 0.2) is 11.1 Å². The van der Waals surface area contributed by atoms with Gasteiger partial charge in [-0.2, -0.15) is 0 Å². The van der Waals surface area contributed by atoms with Crippen molar-refractivity contribution in [1.29, 1.82) is 0 Å². The highest BCUT2D eigenvalue weighted by molar-refractivity contribution is 14.0. The fraction of sp³-hybridized carbons (Fsp3) is 0.583. The summed E-state index contributed by atoms with van der Waals surface area (Å²) in [4.78, 5) is 4.07. The zero-order valence-corrected chi connectivity index (χ0v) is 17.3. The summed E-state index contributed by atoms with van der Waals surface area (Å²) in [7, 11) is 0.552. The Morgan fingerprint density at radius 1 is 1.36 bits per heavy atom. The molecule has 0 aliphatic heterocycles. The fourth-order valence-corrected chi connectivity index (χ4v) is 2.78. The number of sulfone groups is 1. The Morgan fingerprint density at radius 3 is 2.45 bits per heavy atom. The lowest BCUT2D eigenvalue weighted by Gasteiger charge is -2.12. The Balaban J connectivity index is 0.00000441. The Labute approximate surface area is 158 Å². The van der Waals surface area contributed by atoms with Gasteiger partial charge in [0.1, 0.15) is 15.0 Å². The standard InChI is InChI=1S/C12H20Cl2N4O2S.HI/c1-15-12(16-5-4-6-21(3,19)20)17-8-9-7-10(13)11(14)18(9)2;/h7H,4-6,8H2,1-3H3,(H2,15,16,17);1H. The van der Waals surface area contributed by atoms with Gasteiger partial charge in [0.15, 0.2) is 5.96 Å². The third kappa shape index (κ3) is 7.38. The molecule has 0 amide bonds. The van der Waals surface area contributed by atoms with Gasteiger partial charge in [0.2, 0.25) is 0 Å². The zero-order chi connectivity index (χ0) is 16.0. The first-order valence-corrected chi connectivity index (χ1v) is 9.18. The van der Waals surface area contributed by atoms with E-state index in [0.29, 0.717) is 35.6 Å². The molecule has 0 spiro atoms. The molecule has 0 bridgehead atoms. The Morgan fingerprint density at radius 2 is 2.00 bits per heavy atom. The Bertz CT molecular complexity index is 617. The maximum absolute atomic E-state index is 11.0. The molecule has 128 valence electrons. The molecular formula is C12H21Cl2IN4O2S. The number of halogens is 3. The molecule has 2 N–H and O–H groups in total. The molecule has 10 heteroatoms. The normalized spacial score (nSPS) is 12.0. The molecule has 6 nitrogen and oxygen atoms in total. The lowest BCUT2D eigenvalue weighted by Crippen LogP contribution is -2.38. The van der Waals surface area contributed by atoms with Gasteiger partial charge in [-0.05, 0) is 12.5 Å². The fourth-order valence-electron chi connectivity index (χ4n) is 1.69. The number of guanidine groups is 1. The van der Waals surface area contributed by atoms with Crippen molar-refractivity contribution in [2.24, 2.45) is 12.0 Å². The van der Waals surface area contributed by atoms with Crippen LogP contribution in [0.4, 0.5) is 0 Å². The van der Waals surface area contributed by atoms with Crippen LogP contribution in [0.1, 0.15) is 12.1 Å². The number of aromatic nitrogens is 1. The van der Waals surface area contributed by atoms with Crippen LogP contribution in [0.2, 0.25) is 10.2 Å². The van der Waals surface area contributed by atoms with E-state index >= 15 is 0 Å². The number of nitrogens with one attached hydrogen (secondary N) is 2. The van der Waals surface area contributed by atoms with E-state index in [9.17, 15) is 8.42 Å². The van der Waals surface area contributed by atoms with E-state index in [1.54, 1.807) is 17.7 Å². The van der Waals surface area contributed by atoms with Crippen molar-refractivity contribution in [1.82, 2.24) is 15.2 Å². The Hall–Kier alpha value is -0.190. The molecule has 0 aliphatic carbocycles. The maximum atomic E-state index is 11.0. The first-order valence-electron chi connectivity index (χ1n) is 6.36. The van der Waals surface area contributed by atoms with Crippen LogP contribution in [0.3, 0.4) is 0 Å². The average molecular weight is 483 g/mol. The summed E-state index contributed by atoms with van der Waals surface area (Å²) in [5, 5.41) is 7.17. The van der Waals surface area contributed by atoms with E-state index in [0.717, 1.165) is 5.69 Å². The quantitative estimate of drug-likeness (QED) is 0.281. The van der Waals surface area contributed by atoms with Crippen LogP contribution < -0.4 is 10.6 Å². The molecule has 22 heavy (non-hydrogen) atoms. The number of nitrogens with zero attached hydrogens (tertiary/aromatic N) is 2. The molecular weight excluding hydrogens is 462 g/mol. The molecule has 1 heterocycles. The van der Waals surface area contributed by atoms with E-state index in [4.69, 9.17) is 23.2 Å². The monoisotopic (exact) mass is 482 g/mol. The van der Waals surface area contributed by atoms with Crippen molar-refractivity contribution in [2.75, 3.05) is 25.6 Å². The molecule has 1 aromatic heterocycles. The van der Waals surface area contributed by atoms with Gasteiger partial charge in [-0.1, -0.05) is 23.2 Å². The molecule has 0 unspecified atom stereocenters. The topological polar surface area (TPSA) is 75.5 Å². The third-order valence-corrected chi connectivity index (χ3v) is 4.73. The maximum Gasteiger partial charge on any atom is 0.191 e. The van der Waals surface area contributed by atoms with Gasteiger partial charge in [0.05, 0.1) is 17.3 Å². The summed E-state index contributed by atoms with van der Waals surface area (Å²) >= 11 is 11.9. The summed E-state index contributed by atoms with van der Waals surface area (Å²) in [5.41, 5.74) is 0.920. The first kappa shape index (κ1) is 21.8. The molecule has 1 rings (SSSR count). The predicted octanol–water partition coefficient (Wildman–Crippen LogP) is 2.05. The second-order valence-corrected chi connectivity index (χ2v) is 7.69. The minimum atomic E-state index is -2.92. The smallest absolute Gasteiger partial charge is 0.191 e. The molecule has 0 saturated heterocycles. The molecule has 0 aromatic carbocycles. The summed E-state index contributed by atoms with van der Waals surface area (Å²) in [6.45, 7) is 1.04. The Kier molecular flexibility index (Phi) is 9.75. The van der Waals surface area contributed by atoms with E-state index < -0.39 is 9.84 Å². The van der Waals surface area contributed by atoms with Crippen molar-refractivity contribution in [3.8, 4) is 0 Å². The van der Waals surface area contributed by atoms with Crippen LogP contribution in [0.25, 0.3) is 0 Å². The average Bonchev–Trinajstić information content (AvgIpc) is 2.64.